The molecule has 0 unspecified atom stereocenters. The van der Waals surface area contributed by atoms with Crippen LogP contribution in [0.15, 0.2) is 17.5 Å². The van der Waals surface area contributed by atoms with Gasteiger partial charge in [0.05, 0.1) is 11.8 Å². The molecule has 2 bridgehead atoms. The lowest BCUT2D eigenvalue weighted by Crippen LogP contribution is -2.51. The molecule has 5 nitrogen and oxygen atoms in total. The smallest absolute Gasteiger partial charge is 0.230 e. The molecule has 0 radical (unpaired) electrons. The van der Waals surface area contributed by atoms with E-state index in [1.807, 2.05) is 43.6 Å². The molecule has 2 aliphatic heterocycles. The van der Waals surface area contributed by atoms with Crippen molar-refractivity contribution in [2.24, 2.45) is 5.41 Å². The number of carbonyl (C=O) groups excluding carboxylic acids is 2. The predicted molar refractivity (Wildman–Crippen MR) is 105 cm³/mol. The molecule has 26 heavy (non-hydrogen) atoms. The minimum Gasteiger partial charge on any atom is -0.344 e. The molecule has 3 rings (SSSR count). The van der Waals surface area contributed by atoms with E-state index in [4.69, 9.17) is 0 Å². The molecular weight excluding hydrogens is 346 g/mol. The van der Waals surface area contributed by atoms with Crippen LogP contribution in [-0.2, 0) is 16.0 Å². The summed E-state index contributed by atoms with van der Waals surface area (Å²) >= 11 is 1.63. The Bertz CT molecular complexity index is 645. The minimum atomic E-state index is -0.394. The fraction of sp³-hybridized carbons (Fsp3) is 0.700. The maximum atomic E-state index is 13.4. The molecule has 3 heterocycles. The van der Waals surface area contributed by atoms with Crippen LogP contribution in [0.2, 0.25) is 0 Å². The van der Waals surface area contributed by atoms with Crippen LogP contribution < -0.4 is 0 Å². The van der Waals surface area contributed by atoms with Gasteiger partial charge in [0.25, 0.3) is 0 Å². The first-order valence-electron chi connectivity index (χ1n) is 9.63. The topological polar surface area (TPSA) is 43.9 Å². The number of nitrogens with zero attached hydrogens (tertiary/aromatic N) is 3. The van der Waals surface area contributed by atoms with Crippen LogP contribution in [0, 0.1) is 5.41 Å². The second kappa shape index (κ2) is 7.69. The van der Waals surface area contributed by atoms with Crippen LogP contribution in [0.25, 0.3) is 0 Å². The van der Waals surface area contributed by atoms with Gasteiger partial charge in [0.2, 0.25) is 11.8 Å². The Hall–Kier alpha value is -1.40. The molecule has 1 aromatic heterocycles. The van der Waals surface area contributed by atoms with Crippen molar-refractivity contribution in [2.75, 3.05) is 34.2 Å². The Morgan fingerprint density at radius 3 is 2.65 bits per heavy atom. The second-order valence-corrected chi connectivity index (χ2v) is 9.08. The Morgan fingerprint density at radius 2 is 2.04 bits per heavy atom. The predicted octanol–water partition coefficient (Wildman–Crippen LogP) is 2.47. The standard InChI is InChI=1S/C20H31N3O2S/c1-5-20(19(25)22(4)11-10-21(2)3)14-15-8-9-17(20)23(15)18(24)13-16-7-6-12-26-16/h6-7,12,15,17H,5,8-11,13-14H2,1-4H3/t15-,17+,20+/m0/s1. The van der Waals surface area contributed by atoms with Gasteiger partial charge in [-0.15, -0.1) is 11.3 Å². The van der Waals surface area contributed by atoms with Crippen molar-refractivity contribution in [3.63, 3.8) is 0 Å². The maximum Gasteiger partial charge on any atom is 0.230 e. The summed E-state index contributed by atoms with van der Waals surface area (Å²) in [4.78, 5) is 33.5. The third-order valence-corrected chi connectivity index (χ3v) is 7.10. The first-order chi connectivity index (χ1) is 12.4. The maximum absolute atomic E-state index is 13.4. The summed E-state index contributed by atoms with van der Waals surface area (Å²) in [6, 6.07) is 4.32. The third-order valence-electron chi connectivity index (χ3n) is 6.22. The van der Waals surface area contributed by atoms with E-state index in [9.17, 15) is 9.59 Å². The van der Waals surface area contributed by atoms with Crippen LogP contribution in [0.1, 0.15) is 37.5 Å². The van der Waals surface area contributed by atoms with Gasteiger partial charge in [0.1, 0.15) is 0 Å². The second-order valence-electron chi connectivity index (χ2n) is 8.05. The van der Waals surface area contributed by atoms with Crippen molar-refractivity contribution in [3.8, 4) is 0 Å². The van der Waals surface area contributed by atoms with Crippen molar-refractivity contribution < 1.29 is 9.59 Å². The summed E-state index contributed by atoms with van der Waals surface area (Å²) in [7, 11) is 5.96. The number of amides is 2. The average molecular weight is 378 g/mol. The van der Waals surface area contributed by atoms with E-state index in [0.717, 1.165) is 43.6 Å². The number of fused-ring (bicyclic) bond motifs is 2. The molecule has 2 aliphatic rings. The van der Waals surface area contributed by atoms with Crippen LogP contribution >= 0.6 is 11.3 Å². The van der Waals surface area contributed by atoms with Crippen LogP contribution in [0.5, 0.6) is 0 Å². The van der Waals surface area contributed by atoms with Gasteiger partial charge in [-0.05, 0) is 51.2 Å². The van der Waals surface area contributed by atoms with Gasteiger partial charge in [0.15, 0.2) is 0 Å². The average Bonchev–Trinajstić information content (AvgIpc) is 3.33. The number of thiophene rings is 1. The number of hydrogen-bond acceptors (Lipinski definition) is 4. The van der Waals surface area contributed by atoms with Crippen molar-refractivity contribution in [2.45, 2.75) is 51.1 Å². The van der Waals surface area contributed by atoms with Crippen molar-refractivity contribution in [1.82, 2.24) is 14.7 Å². The molecule has 0 aliphatic carbocycles. The molecule has 0 saturated carbocycles. The summed E-state index contributed by atoms with van der Waals surface area (Å²) < 4.78 is 0. The SMILES string of the molecule is CC[C@@]1(C(=O)N(C)CCN(C)C)C[C@@H]2CC[C@H]1N2C(=O)Cc1cccs1. The minimum absolute atomic E-state index is 0.0688. The Kier molecular flexibility index (Phi) is 5.72. The lowest BCUT2D eigenvalue weighted by Gasteiger charge is -2.38. The van der Waals surface area contributed by atoms with Crippen molar-refractivity contribution in [3.05, 3.63) is 22.4 Å². The zero-order chi connectivity index (χ0) is 18.9. The first kappa shape index (κ1) is 19.4. The van der Waals surface area contributed by atoms with Gasteiger partial charge in [-0.2, -0.15) is 0 Å². The van der Waals surface area contributed by atoms with E-state index < -0.39 is 5.41 Å². The number of rotatable bonds is 7. The monoisotopic (exact) mass is 377 g/mol. The number of hydrogen-bond donors (Lipinski definition) is 0. The van der Waals surface area contributed by atoms with Gasteiger partial charge in [0, 0.05) is 37.1 Å². The Morgan fingerprint density at radius 1 is 1.27 bits per heavy atom. The van der Waals surface area contributed by atoms with Gasteiger partial charge in [-0.3, -0.25) is 9.59 Å². The molecule has 2 fully saturated rings. The van der Waals surface area contributed by atoms with Gasteiger partial charge >= 0.3 is 0 Å². The fourth-order valence-electron chi connectivity index (χ4n) is 4.81. The van der Waals surface area contributed by atoms with Crippen molar-refractivity contribution in [1.29, 1.82) is 0 Å². The summed E-state index contributed by atoms with van der Waals surface area (Å²) in [5.74, 6) is 0.419. The summed E-state index contributed by atoms with van der Waals surface area (Å²) in [6.07, 6.45) is 4.10. The highest BCUT2D eigenvalue weighted by Gasteiger charge is 2.60. The van der Waals surface area contributed by atoms with Gasteiger partial charge < -0.3 is 14.7 Å². The van der Waals surface area contributed by atoms with Crippen LogP contribution in [-0.4, -0.2) is 72.8 Å². The Balaban J connectivity index is 1.75. The largest absolute Gasteiger partial charge is 0.344 e. The Labute approximate surface area is 161 Å². The normalized spacial score (nSPS) is 27.3. The van der Waals surface area contributed by atoms with Gasteiger partial charge in [-0.25, -0.2) is 0 Å². The van der Waals surface area contributed by atoms with E-state index in [0.29, 0.717) is 6.42 Å². The zero-order valence-electron chi connectivity index (χ0n) is 16.4. The summed E-state index contributed by atoms with van der Waals surface area (Å²) in [5.41, 5.74) is -0.394. The highest BCUT2D eigenvalue weighted by atomic mass is 32.1. The zero-order valence-corrected chi connectivity index (χ0v) is 17.2. The summed E-state index contributed by atoms with van der Waals surface area (Å²) in [5, 5.41) is 2.01. The highest BCUT2D eigenvalue weighted by Crippen LogP contribution is 2.52. The van der Waals surface area contributed by atoms with Gasteiger partial charge in [-0.1, -0.05) is 13.0 Å². The van der Waals surface area contributed by atoms with E-state index in [-0.39, 0.29) is 23.9 Å². The van der Waals surface area contributed by atoms with E-state index in [1.165, 1.54) is 0 Å². The molecule has 0 aromatic carbocycles. The molecular formula is C20H31N3O2S. The van der Waals surface area contributed by atoms with E-state index in [1.54, 1.807) is 11.3 Å². The van der Waals surface area contributed by atoms with Crippen LogP contribution in [0.4, 0.5) is 0 Å². The lowest BCUT2D eigenvalue weighted by molar-refractivity contribution is -0.144. The number of carbonyl (C=O) groups is 2. The molecule has 2 saturated heterocycles. The molecule has 3 atom stereocenters. The van der Waals surface area contributed by atoms with Crippen molar-refractivity contribution >= 4 is 23.2 Å². The van der Waals surface area contributed by atoms with E-state index >= 15 is 0 Å². The quantitative estimate of drug-likeness (QED) is 0.733. The lowest BCUT2D eigenvalue weighted by atomic mass is 9.71. The molecule has 0 spiro atoms. The molecule has 6 heteroatoms. The molecule has 2 amide bonds. The molecule has 144 valence electrons. The highest BCUT2D eigenvalue weighted by molar-refractivity contribution is 7.10. The van der Waals surface area contributed by atoms with E-state index in [2.05, 4.69) is 16.7 Å². The number of likely N-dealkylation sites (N-methyl/N-ethyl adjacent to an activating group) is 2. The van der Waals surface area contributed by atoms with Crippen LogP contribution in [0.3, 0.4) is 0 Å². The fourth-order valence-corrected chi connectivity index (χ4v) is 5.50. The first-order valence-corrected chi connectivity index (χ1v) is 10.5. The summed E-state index contributed by atoms with van der Waals surface area (Å²) in [6.45, 7) is 3.70. The molecule has 1 aromatic rings. The third kappa shape index (κ3) is 3.41. The molecule has 0 N–H and O–H groups in total.